The molecule has 0 saturated carbocycles. The van der Waals surface area contributed by atoms with Gasteiger partial charge in [-0.1, -0.05) is 36.4 Å². The maximum atomic E-state index is 12.9. The highest BCUT2D eigenvalue weighted by molar-refractivity contribution is 7.90. The van der Waals surface area contributed by atoms with E-state index >= 15 is 0 Å². The Morgan fingerprint density at radius 3 is 2.32 bits per heavy atom. The van der Waals surface area contributed by atoms with Gasteiger partial charge in [0, 0.05) is 10.9 Å². The summed E-state index contributed by atoms with van der Waals surface area (Å²) in [7, 11) is -3.56. The summed E-state index contributed by atoms with van der Waals surface area (Å²) >= 11 is 0. The van der Waals surface area contributed by atoms with Gasteiger partial charge in [0.1, 0.15) is 17.1 Å². The lowest BCUT2D eigenvalue weighted by atomic mass is 10.0. The lowest BCUT2D eigenvalue weighted by Crippen LogP contribution is -2.05. The molecule has 0 aliphatic rings. The molecule has 5 nitrogen and oxygen atoms in total. The van der Waals surface area contributed by atoms with Gasteiger partial charge < -0.3 is 9.15 Å². The molecule has 0 N–H and O–H groups in total. The number of fused-ring (bicyclic) bond motifs is 1. The second-order valence-corrected chi connectivity index (χ2v) is 9.21. The highest BCUT2D eigenvalue weighted by Crippen LogP contribution is 2.35. The average Bonchev–Trinajstić information content (AvgIpc) is 3.14. The Morgan fingerprint density at radius 2 is 1.68 bits per heavy atom. The van der Waals surface area contributed by atoms with E-state index in [0.29, 0.717) is 40.2 Å². The third kappa shape index (κ3) is 4.25. The number of carbonyl (C=O) groups is 1. The van der Waals surface area contributed by atoms with Crippen LogP contribution in [-0.2, 0) is 15.6 Å². The molecule has 0 radical (unpaired) electrons. The van der Waals surface area contributed by atoms with Crippen LogP contribution < -0.4 is 4.74 Å². The van der Waals surface area contributed by atoms with E-state index in [1.54, 1.807) is 42.5 Å². The second kappa shape index (κ2) is 8.40. The van der Waals surface area contributed by atoms with Crippen LogP contribution >= 0.6 is 0 Å². The van der Waals surface area contributed by atoms with E-state index in [-0.39, 0.29) is 16.4 Å². The molecule has 3 aromatic carbocycles. The van der Waals surface area contributed by atoms with Crippen LogP contribution in [0.5, 0.6) is 5.75 Å². The number of hydrogen-bond donors (Lipinski definition) is 0. The lowest BCUT2D eigenvalue weighted by Gasteiger charge is -2.07. The zero-order valence-corrected chi connectivity index (χ0v) is 18.1. The van der Waals surface area contributed by atoms with Crippen LogP contribution in [0.4, 0.5) is 0 Å². The maximum Gasteiger partial charge on any atom is 0.182 e. The number of ether oxygens (including phenoxy) is 1. The molecule has 0 amide bonds. The first-order chi connectivity index (χ1) is 14.9. The number of Topliss-reactive ketones (excluding diaryl/α,β-unsaturated/α-hetero) is 1. The summed E-state index contributed by atoms with van der Waals surface area (Å²) < 4.78 is 37.2. The molecule has 31 heavy (non-hydrogen) atoms. The van der Waals surface area contributed by atoms with Crippen molar-refractivity contribution in [2.75, 3.05) is 6.61 Å². The third-order valence-electron chi connectivity index (χ3n) is 4.99. The van der Waals surface area contributed by atoms with Crippen LogP contribution in [0.2, 0.25) is 0 Å². The Morgan fingerprint density at radius 1 is 0.968 bits per heavy atom. The molecule has 0 spiro atoms. The molecule has 1 aromatic heterocycles. The van der Waals surface area contributed by atoms with Gasteiger partial charge in [0.15, 0.2) is 15.6 Å². The molecular formula is C25H22O5S. The van der Waals surface area contributed by atoms with Crippen molar-refractivity contribution < 1.29 is 22.4 Å². The fourth-order valence-corrected chi connectivity index (χ4v) is 4.93. The summed E-state index contributed by atoms with van der Waals surface area (Å²) in [5, 5.41) is 0.616. The molecule has 0 aliphatic carbocycles. The normalized spacial score (nSPS) is 11.5. The minimum atomic E-state index is -3.56. The van der Waals surface area contributed by atoms with Crippen molar-refractivity contribution in [3.63, 3.8) is 0 Å². The largest absolute Gasteiger partial charge is 0.494 e. The second-order valence-electron chi connectivity index (χ2n) is 7.22. The molecule has 6 heteroatoms. The smallest absolute Gasteiger partial charge is 0.182 e. The molecule has 0 fully saturated rings. The molecule has 0 saturated heterocycles. The maximum absolute atomic E-state index is 12.9. The molecule has 0 atom stereocenters. The van der Waals surface area contributed by atoms with Gasteiger partial charge in [-0.15, -0.1) is 0 Å². The molecule has 4 rings (SSSR count). The van der Waals surface area contributed by atoms with E-state index in [4.69, 9.17) is 9.15 Å². The van der Waals surface area contributed by atoms with Crippen LogP contribution in [-0.4, -0.2) is 20.8 Å². The molecule has 0 unspecified atom stereocenters. The van der Waals surface area contributed by atoms with Gasteiger partial charge in [-0.05, 0) is 55.8 Å². The molecule has 4 aromatic rings. The van der Waals surface area contributed by atoms with Gasteiger partial charge in [0.2, 0.25) is 0 Å². The summed E-state index contributed by atoms with van der Waals surface area (Å²) in [6.45, 7) is 3.87. The highest BCUT2D eigenvalue weighted by atomic mass is 32.2. The average molecular weight is 435 g/mol. The summed E-state index contributed by atoms with van der Waals surface area (Å²) in [4.78, 5) is 12.6. The van der Waals surface area contributed by atoms with E-state index in [1.807, 2.05) is 37.3 Å². The van der Waals surface area contributed by atoms with E-state index < -0.39 is 9.84 Å². The summed E-state index contributed by atoms with van der Waals surface area (Å²) in [5.74, 6) is 0.805. The van der Waals surface area contributed by atoms with Crippen molar-refractivity contribution in [2.24, 2.45) is 0 Å². The van der Waals surface area contributed by atoms with E-state index in [0.717, 1.165) is 5.56 Å². The lowest BCUT2D eigenvalue weighted by molar-refractivity contribution is 0.101. The van der Waals surface area contributed by atoms with Gasteiger partial charge in [-0.25, -0.2) is 8.42 Å². The van der Waals surface area contributed by atoms with Crippen molar-refractivity contribution in [3.8, 4) is 17.1 Å². The fourth-order valence-electron chi connectivity index (χ4n) is 3.59. The minimum Gasteiger partial charge on any atom is -0.494 e. The molecule has 0 aliphatic heterocycles. The standard InChI is InChI=1S/C25H22O5S/c1-3-29-20-10-12-21(13-11-20)31(27,28)16-18-9-14-23-22(15-18)24(17(2)26)25(30-23)19-7-5-4-6-8-19/h4-15H,3,16H2,1-2H3. The molecule has 1 heterocycles. The Balaban J connectivity index is 1.72. The fraction of sp³-hybridized carbons (Fsp3) is 0.160. The van der Waals surface area contributed by atoms with Gasteiger partial charge in [0.25, 0.3) is 0 Å². The van der Waals surface area contributed by atoms with Gasteiger partial charge >= 0.3 is 0 Å². The predicted octanol–water partition coefficient (Wildman–Crippen LogP) is 5.68. The molecule has 158 valence electrons. The third-order valence-corrected chi connectivity index (χ3v) is 6.69. The van der Waals surface area contributed by atoms with Crippen molar-refractivity contribution in [2.45, 2.75) is 24.5 Å². The van der Waals surface area contributed by atoms with E-state index in [2.05, 4.69) is 0 Å². The number of furan rings is 1. The predicted molar refractivity (Wildman–Crippen MR) is 120 cm³/mol. The van der Waals surface area contributed by atoms with E-state index in [1.165, 1.54) is 6.92 Å². The summed E-state index contributed by atoms with van der Waals surface area (Å²) in [6, 6.07) is 21.0. The van der Waals surface area contributed by atoms with Gasteiger partial charge in [0.05, 0.1) is 22.8 Å². The van der Waals surface area contributed by atoms with E-state index in [9.17, 15) is 13.2 Å². The first-order valence-corrected chi connectivity index (χ1v) is 11.6. The number of ketones is 1. The van der Waals surface area contributed by atoms with Gasteiger partial charge in [-0.2, -0.15) is 0 Å². The molecular weight excluding hydrogens is 412 g/mol. The highest BCUT2D eigenvalue weighted by Gasteiger charge is 2.21. The first kappa shape index (κ1) is 20.9. The number of sulfone groups is 1. The number of hydrogen-bond acceptors (Lipinski definition) is 5. The quantitative estimate of drug-likeness (QED) is 0.350. The van der Waals surface area contributed by atoms with Crippen molar-refractivity contribution in [3.05, 3.63) is 83.9 Å². The summed E-state index contributed by atoms with van der Waals surface area (Å²) in [5.41, 5.74) is 2.39. The van der Waals surface area contributed by atoms with Crippen molar-refractivity contribution in [1.29, 1.82) is 0 Å². The Bertz CT molecular complexity index is 1330. The first-order valence-electron chi connectivity index (χ1n) is 9.96. The number of rotatable bonds is 7. The van der Waals surface area contributed by atoms with Crippen molar-refractivity contribution in [1.82, 2.24) is 0 Å². The number of benzene rings is 3. The van der Waals surface area contributed by atoms with Crippen LogP contribution in [0.15, 0.2) is 82.1 Å². The summed E-state index contributed by atoms with van der Waals surface area (Å²) in [6.07, 6.45) is 0. The van der Waals surface area contributed by atoms with Crippen LogP contribution in [0.1, 0.15) is 29.8 Å². The van der Waals surface area contributed by atoms with Crippen LogP contribution in [0, 0.1) is 0 Å². The van der Waals surface area contributed by atoms with Gasteiger partial charge in [-0.3, -0.25) is 4.79 Å². The number of carbonyl (C=O) groups excluding carboxylic acids is 1. The zero-order valence-electron chi connectivity index (χ0n) is 17.3. The topological polar surface area (TPSA) is 73.6 Å². The Kier molecular flexibility index (Phi) is 5.65. The van der Waals surface area contributed by atoms with Crippen LogP contribution in [0.3, 0.4) is 0 Å². The SMILES string of the molecule is CCOc1ccc(S(=O)(=O)Cc2ccc3oc(-c4ccccc4)c(C(C)=O)c3c2)cc1. The zero-order chi connectivity index (χ0) is 22.0. The Labute approximate surface area is 181 Å². The monoisotopic (exact) mass is 434 g/mol. The van der Waals surface area contributed by atoms with Crippen molar-refractivity contribution >= 4 is 26.6 Å². The molecule has 0 bridgehead atoms. The van der Waals surface area contributed by atoms with Crippen LogP contribution in [0.25, 0.3) is 22.3 Å². The minimum absolute atomic E-state index is 0.135. The Hall–Kier alpha value is -3.38.